The van der Waals surface area contributed by atoms with Crippen LogP contribution < -0.4 is 4.72 Å². The van der Waals surface area contributed by atoms with Gasteiger partial charge in [0.25, 0.3) is 0 Å². The number of pyridine rings is 1. The van der Waals surface area contributed by atoms with E-state index in [1.165, 1.54) is 4.31 Å². The van der Waals surface area contributed by atoms with Crippen molar-refractivity contribution in [2.45, 2.75) is 19.8 Å². The van der Waals surface area contributed by atoms with Gasteiger partial charge in [-0.3, -0.25) is 4.72 Å². The van der Waals surface area contributed by atoms with Crippen LogP contribution in [0.2, 0.25) is 0 Å². The molecule has 2 rings (SSSR count). The molecule has 100 valence electrons. The highest BCUT2D eigenvalue weighted by molar-refractivity contribution is 9.10. The lowest BCUT2D eigenvalue weighted by Crippen LogP contribution is -2.42. The van der Waals surface area contributed by atoms with Crippen LogP contribution in [0.3, 0.4) is 0 Å². The Labute approximate surface area is 116 Å². The molecule has 1 fully saturated rings. The van der Waals surface area contributed by atoms with Crippen molar-refractivity contribution in [2.75, 3.05) is 17.8 Å². The standard InChI is InChI=1S/C11H16BrN3O2S/c1-9-4-3-7-15(8-9)18(16,17)14-11-10(12)5-2-6-13-11/h2,5-6,9H,3-4,7-8H2,1H3,(H,13,14). The molecular weight excluding hydrogens is 318 g/mol. The molecule has 5 nitrogen and oxygen atoms in total. The van der Waals surface area contributed by atoms with E-state index in [4.69, 9.17) is 0 Å². The lowest BCUT2D eigenvalue weighted by atomic mass is 10.0. The molecule has 0 aromatic carbocycles. The molecule has 1 aliphatic rings. The van der Waals surface area contributed by atoms with E-state index in [2.05, 4.69) is 32.6 Å². The summed E-state index contributed by atoms with van der Waals surface area (Å²) in [6.07, 6.45) is 3.55. The van der Waals surface area contributed by atoms with Gasteiger partial charge < -0.3 is 0 Å². The van der Waals surface area contributed by atoms with Crippen LogP contribution in [0.15, 0.2) is 22.8 Å². The van der Waals surface area contributed by atoms with E-state index in [1.807, 2.05) is 0 Å². The molecule has 0 aliphatic carbocycles. The number of piperidine rings is 1. The van der Waals surface area contributed by atoms with Crippen LogP contribution in [0.5, 0.6) is 0 Å². The second kappa shape index (κ2) is 5.54. The molecule has 1 atom stereocenters. The van der Waals surface area contributed by atoms with Crippen LogP contribution in [-0.4, -0.2) is 30.8 Å². The lowest BCUT2D eigenvalue weighted by Gasteiger charge is -2.30. The topological polar surface area (TPSA) is 62.3 Å². The van der Waals surface area contributed by atoms with E-state index < -0.39 is 10.2 Å². The fourth-order valence-electron chi connectivity index (χ4n) is 2.01. The molecule has 1 aromatic rings. The van der Waals surface area contributed by atoms with Crippen molar-refractivity contribution in [3.63, 3.8) is 0 Å². The van der Waals surface area contributed by atoms with Gasteiger partial charge in [0.2, 0.25) is 0 Å². The van der Waals surface area contributed by atoms with Gasteiger partial charge >= 0.3 is 10.2 Å². The van der Waals surface area contributed by atoms with Crippen molar-refractivity contribution in [1.29, 1.82) is 0 Å². The molecule has 2 heterocycles. The fourth-order valence-corrected chi connectivity index (χ4v) is 3.85. The van der Waals surface area contributed by atoms with E-state index in [-0.39, 0.29) is 0 Å². The second-order valence-corrected chi connectivity index (χ2v) is 7.07. The molecule has 1 N–H and O–H groups in total. The molecule has 0 spiro atoms. The molecule has 0 saturated carbocycles. The highest BCUT2D eigenvalue weighted by Crippen LogP contribution is 2.23. The summed E-state index contributed by atoms with van der Waals surface area (Å²) in [7, 11) is -3.50. The molecule has 1 aromatic heterocycles. The third-order valence-corrected chi connectivity index (χ3v) is 5.05. The molecule has 7 heteroatoms. The van der Waals surface area contributed by atoms with Crippen molar-refractivity contribution in [1.82, 2.24) is 9.29 Å². The van der Waals surface area contributed by atoms with Crippen LogP contribution in [0, 0.1) is 5.92 Å². The minimum absolute atomic E-state index is 0.329. The number of hydrogen-bond donors (Lipinski definition) is 1. The zero-order valence-electron chi connectivity index (χ0n) is 10.1. The van der Waals surface area contributed by atoms with Crippen molar-refractivity contribution in [2.24, 2.45) is 5.92 Å². The van der Waals surface area contributed by atoms with Crippen LogP contribution in [0.4, 0.5) is 5.82 Å². The van der Waals surface area contributed by atoms with Crippen LogP contribution in [-0.2, 0) is 10.2 Å². The number of halogens is 1. The van der Waals surface area contributed by atoms with Gasteiger partial charge in [-0.15, -0.1) is 0 Å². The monoisotopic (exact) mass is 333 g/mol. The number of nitrogens with zero attached hydrogens (tertiary/aromatic N) is 2. The Kier molecular flexibility index (Phi) is 4.24. The Bertz CT molecular complexity index is 521. The zero-order chi connectivity index (χ0) is 13.2. The molecule has 0 radical (unpaired) electrons. The van der Waals surface area contributed by atoms with Crippen LogP contribution in [0.25, 0.3) is 0 Å². The van der Waals surface area contributed by atoms with E-state index in [9.17, 15) is 8.42 Å². The molecule has 0 amide bonds. The largest absolute Gasteiger partial charge is 0.302 e. The number of nitrogens with one attached hydrogen (secondary N) is 1. The predicted molar refractivity (Wildman–Crippen MR) is 74.5 cm³/mol. The number of hydrogen-bond acceptors (Lipinski definition) is 3. The fraction of sp³-hybridized carbons (Fsp3) is 0.545. The first kappa shape index (κ1) is 13.8. The maximum atomic E-state index is 12.2. The molecular formula is C11H16BrN3O2S. The SMILES string of the molecule is CC1CCCN(S(=O)(=O)Nc2ncccc2Br)C1. The Morgan fingerprint density at radius 1 is 1.56 bits per heavy atom. The lowest BCUT2D eigenvalue weighted by molar-refractivity contribution is 0.282. The van der Waals surface area contributed by atoms with Crippen molar-refractivity contribution in [3.05, 3.63) is 22.8 Å². The van der Waals surface area contributed by atoms with Gasteiger partial charge in [0.15, 0.2) is 5.82 Å². The molecule has 1 aliphatic heterocycles. The Morgan fingerprint density at radius 2 is 2.33 bits per heavy atom. The first-order valence-electron chi connectivity index (χ1n) is 5.87. The summed E-state index contributed by atoms with van der Waals surface area (Å²) in [4.78, 5) is 4.01. The second-order valence-electron chi connectivity index (χ2n) is 4.55. The van der Waals surface area contributed by atoms with Crippen molar-refractivity contribution in [3.8, 4) is 0 Å². The first-order chi connectivity index (χ1) is 8.49. The van der Waals surface area contributed by atoms with Gasteiger partial charge in [0, 0.05) is 19.3 Å². The van der Waals surface area contributed by atoms with Crippen LogP contribution >= 0.6 is 15.9 Å². The minimum atomic E-state index is -3.50. The quantitative estimate of drug-likeness (QED) is 0.922. The average Bonchev–Trinajstić information content (AvgIpc) is 2.32. The van der Waals surface area contributed by atoms with Gasteiger partial charge in [-0.25, -0.2) is 4.98 Å². The smallest absolute Gasteiger partial charge is 0.254 e. The van der Waals surface area contributed by atoms with Crippen molar-refractivity contribution >= 4 is 32.0 Å². The molecule has 1 unspecified atom stereocenters. The maximum Gasteiger partial charge on any atom is 0.302 e. The van der Waals surface area contributed by atoms with E-state index >= 15 is 0 Å². The Hall–Kier alpha value is -0.660. The normalized spacial score (nSPS) is 21.8. The Morgan fingerprint density at radius 3 is 3.00 bits per heavy atom. The van der Waals surface area contributed by atoms with Gasteiger partial charge in [0.05, 0.1) is 4.47 Å². The summed E-state index contributed by atoms with van der Waals surface area (Å²) in [5, 5.41) is 0. The molecule has 1 saturated heterocycles. The first-order valence-corrected chi connectivity index (χ1v) is 8.11. The number of anilines is 1. The minimum Gasteiger partial charge on any atom is -0.254 e. The summed E-state index contributed by atoms with van der Waals surface area (Å²) in [5.74, 6) is 0.734. The molecule has 18 heavy (non-hydrogen) atoms. The maximum absolute atomic E-state index is 12.2. The summed E-state index contributed by atoms with van der Waals surface area (Å²) in [6, 6.07) is 3.49. The van der Waals surface area contributed by atoms with Gasteiger partial charge in [-0.1, -0.05) is 6.92 Å². The highest BCUT2D eigenvalue weighted by atomic mass is 79.9. The van der Waals surface area contributed by atoms with Crippen LogP contribution in [0.1, 0.15) is 19.8 Å². The van der Waals surface area contributed by atoms with E-state index in [0.29, 0.717) is 29.3 Å². The van der Waals surface area contributed by atoms with Gasteiger partial charge in [-0.05, 0) is 46.8 Å². The third kappa shape index (κ3) is 3.21. The number of rotatable bonds is 3. The summed E-state index contributed by atoms with van der Waals surface area (Å²) in [6.45, 7) is 3.21. The van der Waals surface area contributed by atoms with E-state index in [1.54, 1.807) is 18.3 Å². The summed E-state index contributed by atoms with van der Waals surface area (Å²) in [5.41, 5.74) is 0. The summed E-state index contributed by atoms with van der Waals surface area (Å²) < 4.78 is 29.1. The van der Waals surface area contributed by atoms with Gasteiger partial charge in [0.1, 0.15) is 0 Å². The highest BCUT2D eigenvalue weighted by Gasteiger charge is 2.27. The van der Waals surface area contributed by atoms with E-state index in [0.717, 1.165) is 12.8 Å². The molecule has 0 bridgehead atoms. The Balaban J connectivity index is 2.14. The summed E-state index contributed by atoms with van der Waals surface area (Å²) >= 11 is 3.28. The van der Waals surface area contributed by atoms with Crippen molar-refractivity contribution < 1.29 is 8.42 Å². The average molecular weight is 334 g/mol. The predicted octanol–water partition coefficient (Wildman–Crippen LogP) is 2.23. The zero-order valence-corrected chi connectivity index (χ0v) is 12.5. The third-order valence-electron chi connectivity index (χ3n) is 2.94. The van der Waals surface area contributed by atoms with Gasteiger partial charge in [-0.2, -0.15) is 12.7 Å². The number of aromatic nitrogens is 1.